The van der Waals surface area contributed by atoms with Crippen LogP contribution in [-0.4, -0.2) is 46.1 Å². The van der Waals surface area contributed by atoms with Crippen LogP contribution in [0.5, 0.6) is 0 Å². The zero-order chi connectivity index (χ0) is 15.6. The molecule has 0 spiro atoms. The number of hydrogen-bond acceptors (Lipinski definition) is 3. The van der Waals surface area contributed by atoms with Crippen molar-refractivity contribution in [1.82, 2.24) is 4.90 Å². The molecule has 5 nitrogen and oxygen atoms in total. The first-order valence-corrected chi connectivity index (χ1v) is 7.95. The normalized spacial score (nSPS) is 18.4. The van der Waals surface area contributed by atoms with Gasteiger partial charge in [0.25, 0.3) is 0 Å². The quantitative estimate of drug-likeness (QED) is 0.881. The number of carbonyl (C=O) groups is 2. The van der Waals surface area contributed by atoms with Gasteiger partial charge in [0.05, 0.1) is 11.3 Å². The number of anilines is 1. The van der Waals surface area contributed by atoms with E-state index in [1.54, 1.807) is 11.0 Å². The lowest BCUT2D eigenvalue weighted by Crippen LogP contribution is -2.43. The Labute approximate surface area is 128 Å². The molecule has 0 radical (unpaired) electrons. The Morgan fingerprint density at radius 2 is 2.10 bits per heavy atom. The average Bonchev–Trinajstić information content (AvgIpc) is 2.41. The van der Waals surface area contributed by atoms with E-state index in [-0.39, 0.29) is 11.6 Å². The number of benzene rings is 1. The van der Waals surface area contributed by atoms with Crippen LogP contribution >= 0.6 is 11.8 Å². The summed E-state index contributed by atoms with van der Waals surface area (Å²) in [4.78, 5) is 25.4. The molecular formula is C15H20N2O3S. The molecule has 1 aliphatic rings. The van der Waals surface area contributed by atoms with Crippen molar-refractivity contribution in [3.8, 4) is 0 Å². The summed E-state index contributed by atoms with van der Waals surface area (Å²) in [6.45, 7) is 7.11. The summed E-state index contributed by atoms with van der Waals surface area (Å²) in [5, 5.41) is 12.5. The van der Waals surface area contributed by atoms with Gasteiger partial charge in [0.1, 0.15) is 0 Å². The molecule has 2 rings (SSSR count). The second-order valence-corrected chi connectivity index (χ2v) is 6.91. The van der Waals surface area contributed by atoms with Gasteiger partial charge < -0.3 is 15.3 Å². The number of carboxylic acids is 1. The molecule has 2 N–H and O–H groups in total. The number of aryl methyl sites for hydroxylation is 2. The average molecular weight is 308 g/mol. The topological polar surface area (TPSA) is 69.6 Å². The molecular weight excluding hydrogens is 288 g/mol. The first-order chi connectivity index (χ1) is 9.88. The maximum atomic E-state index is 12.3. The molecule has 6 heteroatoms. The van der Waals surface area contributed by atoms with Crippen molar-refractivity contribution in [2.45, 2.75) is 26.0 Å². The highest BCUT2D eigenvalue weighted by atomic mass is 32.2. The summed E-state index contributed by atoms with van der Waals surface area (Å²) < 4.78 is 0. The number of carboxylic acid groups (broad SMARTS) is 1. The first kappa shape index (κ1) is 15.7. The molecule has 1 saturated heterocycles. The van der Waals surface area contributed by atoms with Crippen LogP contribution in [-0.2, 0) is 0 Å². The lowest BCUT2D eigenvalue weighted by Gasteiger charge is -2.31. The number of urea groups is 1. The summed E-state index contributed by atoms with van der Waals surface area (Å²) in [5.74, 6) is -0.118. The Balaban J connectivity index is 2.22. The molecule has 1 aliphatic heterocycles. The fourth-order valence-corrected chi connectivity index (χ4v) is 3.50. The smallest absolute Gasteiger partial charge is 0.337 e. The van der Waals surface area contributed by atoms with Crippen molar-refractivity contribution in [2.24, 2.45) is 0 Å². The van der Waals surface area contributed by atoms with Crippen LogP contribution in [0.15, 0.2) is 12.1 Å². The van der Waals surface area contributed by atoms with E-state index >= 15 is 0 Å². The predicted molar refractivity (Wildman–Crippen MR) is 85.4 cm³/mol. The van der Waals surface area contributed by atoms with Crippen LogP contribution in [0, 0.1) is 13.8 Å². The minimum atomic E-state index is -1.03. The largest absolute Gasteiger partial charge is 0.478 e. The molecule has 1 atom stereocenters. The molecule has 21 heavy (non-hydrogen) atoms. The monoisotopic (exact) mass is 308 g/mol. The van der Waals surface area contributed by atoms with Crippen molar-refractivity contribution in [2.75, 3.05) is 24.2 Å². The highest BCUT2D eigenvalue weighted by molar-refractivity contribution is 7.99. The van der Waals surface area contributed by atoms with Gasteiger partial charge in [-0.25, -0.2) is 9.59 Å². The Morgan fingerprint density at radius 3 is 2.71 bits per heavy atom. The first-order valence-electron chi connectivity index (χ1n) is 6.90. The fraction of sp³-hybridized carbons (Fsp3) is 0.467. The number of carbonyl (C=O) groups excluding carboxylic acids is 1. The van der Waals surface area contributed by atoms with E-state index in [4.69, 9.17) is 0 Å². The van der Waals surface area contributed by atoms with Crippen molar-refractivity contribution < 1.29 is 14.7 Å². The zero-order valence-electron chi connectivity index (χ0n) is 12.5. The van der Waals surface area contributed by atoms with Gasteiger partial charge in [-0.05, 0) is 31.0 Å². The molecule has 1 aromatic carbocycles. The lowest BCUT2D eigenvalue weighted by atomic mass is 10.0. The van der Waals surface area contributed by atoms with E-state index in [9.17, 15) is 14.7 Å². The Kier molecular flexibility index (Phi) is 4.77. The Hall–Kier alpha value is -1.69. The predicted octanol–water partition coefficient (Wildman–Crippen LogP) is 2.97. The van der Waals surface area contributed by atoms with E-state index in [2.05, 4.69) is 12.2 Å². The van der Waals surface area contributed by atoms with Crippen LogP contribution in [0.3, 0.4) is 0 Å². The lowest BCUT2D eigenvalue weighted by molar-refractivity contribution is 0.0698. The number of nitrogens with zero attached hydrogens (tertiary/aromatic N) is 1. The summed E-state index contributed by atoms with van der Waals surface area (Å²) >= 11 is 1.84. The van der Waals surface area contributed by atoms with Crippen molar-refractivity contribution >= 4 is 29.4 Å². The second-order valence-electron chi connectivity index (χ2n) is 5.37. The van der Waals surface area contributed by atoms with Gasteiger partial charge in [0.15, 0.2) is 0 Å². The van der Waals surface area contributed by atoms with Gasteiger partial charge in [0.2, 0.25) is 0 Å². The van der Waals surface area contributed by atoms with E-state index in [0.29, 0.717) is 24.0 Å². The van der Waals surface area contributed by atoms with E-state index in [1.807, 2.05) is 31.7 Å². The van der Waals surface area contributed by atoms with Crippen molar-refractivity contribution in [3.05, 3.63) is 28.8 Å². The number of rotatable bonds is 2. The van der Waals surface area contributed by atoms with Crippen LogP contribution < -0.4 is 5.32 Å². The van der Waals surface area contributed by atoms with E-state index in [1.165, 1.54) is 0 Å². The fourth-order valence-electron chi connectivity index (χ4n) is 2.49. The Bertz CT molecular complexity index is 574. The molecule has 114 valence electrons. The van der Waals surface area contributed by atoms with Crippen LogP contribution in [0.4, 0.5) is 10.5 Å². The van der Waals surface area contributed by atoms with Gasteiger partial charge >= 0.3 is 12.0 Å². The summed E-state index contributed by atoms with van der Waals surface area (Å²) in [5.41, 5.74) is 2.16. The maximum absolute atomic E-state index is 12.3. The zero-order valence-corrected chi connectivity index (χ0v) is 13.3. The number of nitrogens with one attached hydrogen (secondary N) is 1. The van der Waals surface area contributed by atoms with Crippen LogP contribution in [0.1, 0.15) is 28.4 Å². The number of aromatic carboxylic acids is 1. The Morgan fingerprint density at radius 1 is 1.38 bits per heavy atom. The molecule has 2 amide bonds. The maximum Gasteiger partial charge on any atom is 0.337 e. The molecule has 1 aromatic rings. The third-order valence-corrected chi connectivity index (χ3v) is 4.61. The van der Waals surface area contributed by atoms with Crippen LogP contribution in [0.2, 0.25) is 0 Å². The molecule has 0 aliphatic carbocycles. The highest BCUT2D eigenvalue weighted by Crippen LogP contribution is 2.24. The van der Waals surface area contributed by atoms with Gasteiger partial charge in [0, 0.05) is 24.1 Å². The molecule has 1 fully saturated rings. The van der Waals surface area contributed by atoms with E-state index < -0.39 is 5.97 Å². The molecule has 1 heterocycles. The summed E-state index contributed by atoms with van der Waals surface area (Å²) in [6, 6.07) is 3.23. The second kappa shape index (κ2) is 6.39. The minimum Gasteiger partial charge on any atom is -0.478 e. The van der Waals surface area contributed by atoms with Gasteiger partial charge in [-0.15, -0.1) is 0 Å². The highest BCUT2D eigenvalue weighted by Gasteiger charge is 2.23. The number of thioether (sulfide) groups is 1. The number of amides is 2. The third-order valence-electron chi connectivity index (χ3n) is 3.47. The van der Waals surface area contributed by atoms with E-state index in [0.717, 1.165) is 16.9 Å². The minimum absolute atomic E-state index is 0.139. The van der Waals surface area contributed by atoms with Gasteiger partial charge in [-0.3, -0.25) is 0 Å². The SMILES string of the molecule is Cc1cc(C)c(NC(=O)N2CCSC(C)C2)c(C(=O)O)c1. The summed E-state index contributed by atoms with van der Waals surface area (Å²) in [7, 11) is 0. The molecule has 0 saturated carbocycles. The van der Waals surface area contributed by atoms with Gasteiger partial charge in [-0.1, -0.05) is 13.0 Å². The molecule has 1 unspecified atom stereocenters. The summed E-state index contributed by atoms with van der Waals surface area (Å²) in [6.07, 6.45) is 0. The number of hydrogen-bond donors (Lipinski definition) is 2. The molecule has 0 bridgehead atoms. The molecule has 0 aromatic heterocycles. The van der Waals surface area contributed by atoms with Crippen molar-refractivity contribution in [3.63, 3.8) is 0 Å². The van der Waals surface area contributed by atoms with Crippen molar-refractivity contribution in [1.29, 1.82) is 0 Å². The van der Waals surface area contributed by atoms with Crippen LogP contribution in [0.25, 0.3) is 0 Å². The van der Waals surface area contributed by atoms with Gasteiger partial charge in [-0.2, -0.15) is 11.8 Å². The standard InChI is InChI=1S/C15H20N2O3S/c1-9-6-10(2)13(12(7-9)14(18)19)16-15(20)17-4-5-21-11(3)8-17/h6-7,11H,4-5,8H2,1-3H3,(H,16,20)(H,18,19). The third kappa shape index (κ3) is 3.69.